The van der Waals surface area contributed by atoms with Gasteiger partial charge in [0.1, 0.15) is 0 Å². The lowest BCUT2D eigenvalue weighted by atomic mass is 10.2. The van der Waals surface area contributed by atoms with Crippen LogP contribution in [0.2, 0.25) is 0 Å². The summed E-state index contributed by atoms with van der Waals surface area (Å²) in [5, 5.41) is -4.53. The van der Waals surface area contributed by atoms with Crippen molar-refractivity contribution in [1.82, 2.24) is 0 Å². The molecule has 0 unspecified atom stereocenters. The van der Waals surface area contributed by atoms with Crippen molar-refractivity contribution in [1.29, 1.82) is 0 Å². The van der Waals surface area contributed by atoms with E-state index in [1.807, 2.05) is 6.92 Å². The lowest BCUT2D eigenvalue weighted by Gasteiger charge is -2.18. The Balaban J connectivity index is 3.84. The van der Waals surface area contributed by atoms with Crippen molar-refractivity contribution in [3.05, 3.63) is 12.3 Å². The Morgan fingerprint density at radius 2 is 1.87 bits per heavy atom. The maximum atomic E-state index is 12.5. The molecule has 0 heterocycles. The van der Waals surface area contributed by atoms with Gasteiger partial charge in [-0.1, -0.05) is 13.3 Å². The number of rotatable bonds is 7. The summed E-state index contributed by atoms with van der Waals surface area (Å²) < 4.78 is 54.0. The predicted molar refractivity (Wildman–Crippen MR) is 50.4 cm³/mol. The van der Waals surface area contributed by atoms with E-state index in [0.717, 1.165) is 25.2 Å². The molecule has 0 fully saturated rings. The fraction of sp³-hybridized carbons (Fsp3) is 0.778. The van der Waals surface area contributed by atoms with E-state index in [0.29, 0.717) is 6.61 Å². The van der Waals surface area contributed by atoms with Crippen LogP contribution < -0.4 is 0 Å². The van der Waals surface area contributed by atoms with Crippen LogP contribution >= 0.6 is 11.6 Å². The van der Waals surface area contributed by atoms with Gasteiger partial charge < -0.3 is 4.74 Å². The second-order valence-electron chi connectivity index (χ2n) is 3.00. The molecule has 1 nitrogen and oxygen atoms in total. The molecule has 0 atom stereocenters. The summed E-state index contributed by atoms with van der Waals surface area (Å²) >= 11 is 4.23. The molecule has 15 heavy (non-hydrogen) atoms. The Kier molecular flexibility index (Phi) is 6.02. The maximum Gasteiger partial charge on any atom is 0.384 e. The van der Waals surface area contributed by atoms with Crippen molar-refractivity contribution in [2.75, 3.05) is 6.61 Å². The van der Waals surface area contributed by atoms with Gasteiger partial charge in [-0.05, 0) is 24.1 Å². The largest absolute Gasteiger partial charge is 0.502 e. The molecule has 0 aromatic rings. The zero-order valence-electron chi connectivity index (χ0n) is 8.28. The van der Waals surface area contributed by atoms with Gasteiger partial charge in [0, 0.05) is 6.42 Å². The number of hydrogen-bond acceptors (Lipinski definition) is 1. The molecule has 0 aliphatic heterocycles. The number of hydrogen-bond donors (Lipinski definition) is 0. The first kappa shape index (κ1) is 14.5. The summed E-state index contributed by atoms with van der Waals surface area (Å²) in [6.45, 7) is 2.32. The van der Waals surface area contributed by atoms with Crippen molar-refractivity contribution >= 4 is 11.6 Å². The standard InChI is InChI=1S/C9H13ClF4O/c1-2-3-6-15-7-4-5-8(11,12)9(10,13)14/h4,7H,2-3,5-6H2,1H3. The third-order valence-electron chi connectivity index (χ3n) is 1.60. The molecule has 0 bridgehead atoms. The van der Waals surface area contributed by atoms with Gasteiger partial charge in [-0.3, -0.25) is 0 Å². The molecule has 0 amide bonds. The Labute approximate surface area is 91.0 Å². The van der Waals surface area contributed by atoms with E-state index in [4.69, 9.17) is 4.74 Å². The van der Waals surface area contributed by atoms with E-state index in [1.165, 1.54) is 0 Å². The lowest BCUT2D eigenvalue weighted by molar-refractivity contribution is -0.154. The maximum absolute atomic E-state index is 12.5. The highest BCUT2D eigenvalue weighted by Crippen LogP contribution is 2.40. The van der Waals surface area contributed by atoms with Gasteiger partial charge in [-0.25, -0.2) is 0 Å². The number of alkyl halides is 5. The molecule has 0 aromatic carbocycles. The third kappa shape index (κ3) is 5.87. The smallest absolute Gasteiger partial charge is 0.384 e. The number of allylic oxidation sites excluding steroid dienone is 1. The van der Waals surface area contributed by atoms with Gasteiger partial charge >= 0.3 is 11.3 Å². The molecular formula is C9H13ClF4O. The van der Waals surface area contributed by atoms with E-state index in [-0.39, 0.29) is 0 Å². The van der Waals surface area contributed by atoms with Gasteiger partial charge in [0.15, 0.2) is 0 Å². The van der Waals surface area contributed by atoms with Crippen LogP contribution in [-0.4, -0.2) is 17.9 Å². The molecule has 0 aliphatic carbocycles. The van der Waals surface area contributed by atoms with Crippen molar-refractivity contribution in [3.63, 3.8) is 0 Å². The number of ether oxygens (including phenoxy) is 1. The first-order chi connectivity index (χ1) is 6.81. The minimum Gasteiger partial charge on any atom is -0.502 e. The minimum absolute atomic E-state index is 0.385. The summed E-state index contributed by atoms with van der Waals surface area (Å²) in [6.07, 6.45) is 2.38. The molecule has 0 radical (unpaired) electrons. The van der Waals surface area contributed by atoms with Crippen LogP contribution in [0.15, 0.2) is 12.3 Å². The highest BCUT2D eigenvalue weighted by atomic mass is 35.5. The third-order valence-corrected chi connectivity index (χ3v) is 1.87. The number of unbranched alkanes of at least 4 members (excludes halogenated alkanes) is 1. The second kappa shape index (κ2) is 6.20. The summed E-state index contributed by atoms with van der Waals surface area (Å²) in [6, 6.07) is 0. The van der Waals surface area contributed by atoms with Crippen molar-refractivity contribution in [2.24, 2.45) is 0 Å². The Hall–Kier alpha value is -0.450. The Bertz CT molecular complexity index is 201. The molecule has 0 saturated heterocycles. The molecule has 0 aliphatic rings. The number of halogens is 5. The Morgan fingerprint density at radius 3 is 2.33 bits per heavy atom. The molecule has 0 spiro atoms. The van der Waals surface area contributed by atoms with Gasteiger partial charge in [-0.15, -0.1) is 0 Å². The van der Waals surface area contributed by atoms with Crippen LogP contribution in [0.25, 0.3) is 0 Å². The van der Waals surface area contributed by atoms with Crippen molar-refractivity contribution < 1.29 is 22.3 Å². The molecule has 90 valence electrons. The van der Waals surface area contributed by atoms with E-state index >= 15 is 0 Å². The zero-order chi connectivity index (χ0) is 11.9. The van der Waals surface area contributed by atoms with Crippen LogP contribution in [0.4, 0.5) is 17.6 Å². The van der Waals surface area contributed by atoms with Crippen molar-refractivity contribution in [2.45, 2.75) is 37.5 Å². The fourth-order valence-electron chi connectivity index (χ4n) is 0.676. The molecule has 0 saturated carbocycles. The lowest BCUT2D eigenvalue weighted by Crippen LogP contribution is -2.34. The van der Waals surface area contributed by atoms with Crippen LogP contribution in [0.1, 0.15) is 26.2 Å². The topological polar surface area (TPSA) is 9.23 Å². The van der Waals surface area contributed by atoms with Crippen LogP contribution in [0.3, 0.4) is 0 Å². The van der Waals surface area contributed by atoms with Gasteiger partial charge in [0.2, 0.25) is 0 Å². The van der Waals surface area contributed by atoms with Crippen LogP contribution in [-0.2, 0) is 4.74 Å². The summed E-state index contributed by atoms with van der Waals surface area (Å²) in [7, 11) is 0. The SMILES string of the molecule is CCCCOC=CCC(F)(F)C(F)(F)Cl. The van der Waals surface area contributed by atoms with E-state index in [2.05, 4.69) is 11.6 Å². The second-order valence-corrected chi connectivity index (χ2v) is 3.48. The Morgan fingerprint density at radius 1 is 1.27 bits per heavy atom. The molecular weight excluding hydrogens is 236 g/mol. The van der Waals surface area contributed by atoms with Crippen LogP contribution in [0.5, 0.6) is 0 Å². The van der Waals surface area contributed by atoms with Crippen LogP contribution in [0, 0.1) is 0 Å². The normalized spacial score (nSPS) is 13.5. The molecule has 6 heteroatoms. The van der Waals surface area contributed by atoms with Gasteiger partial charge in [0.05, 0.1) is 12.9 Å². The van der Waals surface area contributed by atoms with E-state index in [9.17, 15) is 17.6 Å². The molecule has 0 rings (SSSR count). The first-order valence-corrected chi connectivity index (χ1v) is 4.90. The highest BCUT2D eigenvalue weighted by molar-refractivity contribution is 6.22. The van der Waals surface area contributed by atoms with Gasteiger partial charge in [0.25, 0.3) is 0 Å². The average molecular weight is 249 g/mol. The summed E-state index contributed by atoms with van der Waals surface area (Å²) in [5.41, 5.74) is 0. The minimum atomic E-state index is -4.53. The first-order valence-electron chi connectivity index (χ1n) is 4.52. The van der Waals surface area contributed by atoms with E-state index in [1.54, 1.807) is 0 Å². The van der Waals surface area contributed by atoms with Gasteiger partial charge in [-0.2, -0.15) is 17.6 Å². The molecule has 0 aromatic heterocycles. The monoisotopic (exact) mass is 248 g/mol. The average Bonchev–Trinajstić information content (AvgIpc) is 2.09. The molecule has 0 N–H and O–H groups in total. The fourth-order valence-corrected chi connectivity index (χ4v) is 0.753. The predicted octanol–water partition coefficient (Wildman–Crippen LogP) is 4.17. The quantitative estimate of drug-likeness (QED) is 0.284. The van der Waals surface area contributed by atoms with E-state index < -0.39 is 17.7 Å². The zero-order valence-corrected chi connectivity index (χ0v) is 9.04. The van der Waals surface area contributed by atoms with Crippen molar-refractivity contribution in [3.8, 4) is 0 Å². The highest BCUT2D eigenvalue weighted by Gasteiger charge is 2.53. The summed E-state index contributed by atoms with van der Waals surface area (Å²) in [4.78, 5) is 0. The summed E-state index contributed by atoms with van der Waals surface area (Å²) in [5.74, 6) is -4.25.